The standard InChI is InChI=1S/C27H27F3N6O/c1-5-17-14-19-24(33-34(4)26(19)16-12-20(28)23(30)21(29)13-16)22(6-2)35(17)27(37)18-9-7-8-15(3)25(18)36-31-10-11-32-36/h7-13,17,22H,5-6,14H2,1-4H3. The summed E-state index contributed by atoms with van der Waals surface area (Å²) in [4.78, 5) is 17.5. The average Bonchev–Trinajstić information content (AvgIpc) is 3.52. The Bertz CT molecular complexity index is 1460. The van der Waals surface area contributed by atoms with Crippen LogP contribution in [-0.4, -0.2) is 41.6 Å². The zero-order valence-corrected chi connectivity index (χ0v) is 21.0. The van der Waals surface area contributed by atoms with Gasteiger partial charge in [-0.25, -0.2) is 13.2 Å². The second-order valence-electron chi connectivity index (χ2n) is 9.28. The monoisotopic (exact) mass is 508 g/mol. The summed E-state index contributed by atoms with van der Waals surface area (Å²) in [6, 6.07) is 6.94. The number of carbonyl (C=O) groups is 1. The van der Waals surface area contributed by atoms with E-state index in [1.807, 2.05) is 37.8 Å². The number of aromatic nitrogens is 5. The van der Waals surface area contributed by atoms with Crippen molar-refractivity contribution in [2.45, 2.75) is 52.1 Å². The third-order valence-electron chi connectivity index (χ3n) is 7.10. The predicted octanol–water partition coefficient (Wildman–Crippen LogP) is 5.32. The minimum atomic E-state index is -1.50. The molecule has 0 fully saturated rings. The zero-order chi connectivity index (χ0) is 26.4. The summed E-state index contributed by atoms with van der Waals surface area (Å²) in [5.74, 6) is -4.17. The number of rotatable bonds is 5. The van der Waals surface area contributed by atoms with E-state index in [0.29, 0.717) is 41.9 Å². The van der Waals surface area contributed by atoms with Crippen LogP contribution >= 0.6 is 0 Å². The molecule has 192 valence electrons. The van der Waals surface area contributed by atoms with E-state index in [4.69, 9.17) is 5.10 Å². The fourth-order valence-corrected chi connectivity index (χ4v) is 5.44. The van der Waals surface area contributed by atoms with E-state index in [1.165, 1.54) is 4.80 Å². The van der Waals surface area contributed by atoms with Gasteiger partial charge in [-0.15, -0.1) is 0 Å². The number of aryl methyl sites for hydroxylation is 2. The zero-order valence-electron chi connectivity index (χ0n) is 21.0. The lowest BCUT2D eigenvalue weighted by atomic mass is 9.87. The van der Waals surface area contributed by atoms with Crippen LogP contribution in [0.2, 0.25) is 0 Å². The molecule has 2 atom stereocenters. The van der Waals surface area contributed by atoms with Crippen LogP contribution in [0.15, 0.2) is 42.7 Å². The molecule has 0 N–H and O–H groups in total. The van der Waals surface area contributed by atoms with Crippen LogP contribution in [0.5, 0.6) is 0 Å². The molecule has 2 aromatic carbocycles. The maximum Gasteiger partial charge on any atom is 0.256 e. The lowest BCUT2D eigenvalue weighted by Gasteiger charge is -2.41. The Morgan fingerprint density at radius 1 is 1.05 bits per heavy atom. The number of hydrogen-bond acceptors (Lipinski definition) is 4. The molecule has 10 heteroatoms. The molecule has 2 aromatic heterocycles. The number of hydrogen-bond donors (Lipinski definition) is 0. The maximum absolute atomic E-state index is 14.2. The van der Waals surface area contributed by atoms with Crippen LogP contribution in [0.1, 0.15) is 59.9 Å². The Morgan fingerprint density at radius 3 is 2.35 bits per heavy atom. The van der Waals surface area contributed by atoms with Crippen molar-refractivity contribution in [1.82, 2.24) is 29.7 Å². The number of para-hydroxylation sites is 1. The largest absolute Gasteiger partial charge is 0.327 e. The minimum Gasteiger partial charge on any atom is -0.327 e. The van der Waals surface area contributed by atoms with Crippen molar-refractivity contribution in [2.75, 3.05) is 0 Å². The van der Waals surface area contributed by atoms with Crippen LogP contribution in [-0.2, 0) is 13.5 Å². The van der Waals surface area contributed by atoms with Gasteiger partial charge in [0.1, 0.15) is 5.69 Å². The Hall–Kier alpha value is -3.95. The highest BCUT2D eigenvalue weighted by Crippen LogP contribution is 2.42. The van der Waals surface area contributed by atoms with Crippen molar-refractivity contribution in [1.29, 1.82) is 0 Å². The smallest absolute Gasteiger partial charge is 0.256 e. The van der Waals surface area contributed by atoms with Crippen LogP contribution in [0.3, 0.4) is 0 Å². The summed E-state index contributed by atoms with van der Waals surface area (Å²) >= 11 is 0. The minimum absolute atomic E-state index is 0.161. The highest BCUT2D eigenvalue weighted by Gasteiger charge is 2.41. The number of halogens is 3. The molecule has 2 unspecified atom stereocenters. The maximum atomic E-state index is 14.2. The van der Waals surface area contributed by atoms with Crippen molar-refractivity contribution in [2.24, 2.45) is 7.05 Å². The van der Waals surface area contributed by atoms with Gasteiger partial charge in [0.15, 0.2) is 17.5 Å². The molecule has 0 bridgehead atoms. The van der Waals surface area contributed by atoms with E-state index in [0.717, 1.165) is 23.3 Å². The summed E-state index contributed by atoms with van der Waals surface area (Å²) in [5, 5.41) is 13.2. The molecule has 0 aliphatic carbocycles. The molecular weight excluding hydrogens is 481 g/mol. The summed E-state index contributed by atoms with van der Waals surface area (Å²) in [7, 11) is 1.69. The fraction of sp³-hybridized carbons (Fsp3) is 0.333. The van der Waals surface area contributed by atoms with Gasteiger partial charge in [0.25, 0.3) is 5.91 Å². The fourth-order valence-electron chi connectivity index (χ4n) is 5.44. The molecule has 3 heterocycles. The molecule has 1 amide bonds. The van der Waals surface area contributed by atoms with Crippen LogP contribution < -0.4 is 0 Å². The summed E-state index contributed by atoms with van der Waals surface area (Å²) in [5.41, 5.74) is 4.18. The van der Waals surface area contributed by atoms with Crippen molar-refractivity contribution in [3.8, 4) is 16.9 Å². The van der Waals surface area contributed by atoms with E-state index >= 15 is 0 Å². The Morgan fingerprint density at radius 2 is 1.73 bits per heavy atom. The highest BCUT2D eigenvalue weighted by atomic mass is 19.2. The first-order valence-electron chi connectivity index (χ1n) is 12.3. The third-order valence-corrected chi connectivity index (χ3v) is 7.10. The molecular formula is C27H27F3N6O. The van der Waals surface area contributed by atoms with Crippen LogP contribution in [0.4, 0.5) is 13.2 Å². The van der Waals surface area contributed by atoms with E-state index in [2.05, 4.69) is 10.2 Å². The normalized spacial score (nSPS) is 17.2. The van der Waals surface area contributed by atoms with Gasteiger partial charge in [-0.2, -0.15) is 20.1 Å². The van der Waals surface area contributed by atoms with Crippen molar-refractivity contribution in [3.05, 3.63) is 82.6 Å². The van der Waals surface area contributed by atoms with E-state index in [9.17, 15) is 18.0 Å². The van der Waals surface area contributed by atoms with Gasteiger partial charge >= 0.3 is 0 Å². The van der Waals surface area contributed by atoms with Gasteiger partial charge in [-0.05, 0) is 49.9 Å². The van der Waals surface area contributed by atoms with Gasteiger partial charge in [0, 0.05) is 24.2 Å². The van der Waals surface area contributed by atoms with Crippen LogP contribution in [0, 0.1) is 24.4 Å². The third kappa shape index (κ3) is 4.00. The molecule has 37 heavy (non-hydrogen) atoms. The molecule has 5 rings (SSSR count). The Balaban J connectivity index is 1.63. The second-order valence-corrected chi connectivity index (χ2v) is 9.28. The lowest BCUT2D eigenvalue weighted by Crippen LogP contribution is -2.47. The van der Waals surface area contributed by atoms with Gasteiger partial charge in [0.2, 0.25) is 0 Å². The molecule has 0 spiro atoms. The van der Waals surface area contributed by atoms with Crippen molar-refractivity contribution >= 4 is 5.91 Å². The quantitative estimate of drug-likeness (QED) is 0.342. The molecule has 1 aliphatic rings. The summed E-state index contributed by atoms with van der Waals surface area (Å²) in [6.07, 6.45) is 4.81. The first kappa shape index (κ1) is 24.7. The van der Waals surface area contributed by atoms with E-state index in [1.54, 1.807) is 30.2 Å². The number of benzene rings is 2. The number of carbonyl (C=O) groups excluding carboxylic acids is 1. The van der Waals surface area contributed by atoms with Crippen molar-refractivity contribution in [3.63, 3.8) is 0 Å². The first-order valence-corrected chi connectivity index (χ1v) is 12.3. The Labute approximate surface area is 212 Å². The molecule has 7 nitrogen and oxygen atoms in total. The van der Waals surface area contributed by atoms with Crippen LogP contribution in [0.25, 0.3) is 16.9 Å². The van der Waals surface area contributed by atoms with Gasteiger partial charge < -0.3 is 4.90 Å². The highest BCUT2D eigenvalue weighted by molar-refractivity contribution is 5.99. The molecule has 4 aromatic rings. The number of fused-ring (bicyclic) bond motifs is 1. The molecule has 0 saturated heterocycles. The molecule has 1 aliphatic heterocycles. The average molecular weight is 509 g/mol. The van der Waals surface area contributed by atoms with Gasteiger partial charge in [0.05, 0.1) is 35.4 Å². The summed E-state index contributed by atoms with van der Waals surface area (Å²) < 4.78 is 43.5. The van der Waals surface area contributed by atoms with Gasteiger partial charge in [-0.1, -0.05) is 26.0 Å². The van der Waals surface area contributed by atoms with E-state index in [-0.39, 0.29) is 23.6 Å². The molecule has 0 saturated carbocycles. The lowest BCUT2D eigenvalue weighted by molar-refractivity contribution is 0.0512. The predicted molar refractivity (Wildman–Crippen MR) is 132 cm³/mol. The SMILES string of the molecule is CCC1Cc2c(nn(C)c2-c2cc(F)c(F)c(F)c2)C(CC)N1C(=O)c1cccc(C)c1-n1nccn1. The van der Waals surface area contributed by atoms with Gasteiger partial charge in [-0.3, -0.25) is 9.48 Å². The number of amides is 1. The summed E-state index contributed by atoms with van der Waals surface area (Å²) in [6.45, 7) is 5.89. The molecule has 0 radical (unpaired) electrons. The number of nitrogens with zero attached hydrogens (tertiary/aromatic N) is 6. The second kappa shape index (κ2) is 9.49. The van der Waals surface area contributed by atoms with E-state index < -0.39 is 17.5 Å². The first-order chi connectivity index (χ1) is 17.8. The van der Waals surface area contributed by atoms with Crippen molar-refractivity contribution < 1.29 is 18.0 Å². The topological polar surface area (TPSA) is 68.8 Å². The Kier molecular flexibility index (Phi) is 6.35.